The molecule has 1 atom stereocenters. The van der Waals surface area contributed by atoms with E-state index in [2.05, 4.69) is 10.3 Å². The van der Waals surface area contributed by atoms with Crippen molar-refractivity contribution in [3.8, 4) is 11.6 Å². The minimum Gasteiger partial charge on any atom is -0.437 e. The molecular weight excluding hydrogens is 323 g/mol. The van der Waals surface area contributed by atoms with E-state index in [0.717, 1.165) is 0 Å². The minimum absolute atomic E-state index is 0.247. The van der Waals surface area contributed by atoms with Gasteiger partial charge in [0.15, 0.2) is 0 Å². The Kier molecular flexibility index (Phi) is 3.75. The second-order valence-electron chi connectivity index (χ2n) is 5.44. The van der Waals surface area contributed by atoms with Crippen LogP contribution >= 0.6 is 23.2 Å². The van der Waals surface area contributed by atoms with Gasteiger partial charge in [-0.2, -0.15) is 0 Å². The Morgan fingerprint density at radius 1 is 1.23 bits per heavy atom. The molecule has 6 heteroatoms. The van der Waals surface area contributed by atoms with E-state index in [9.17, 15) is 4.79 Å². The van der Waals surface area contributed by atoms with E-state index in [-0.39, 0.29) is 5.91 Å². The van der Waals surface area contributed by atoms with Crippen LogP contribution in [0.2, 0.25) is 0 Å². The zero-order chi connectivity index (χ0) is 15.8. The van der Waals surface area contributed by atoms with E-state index in [4.69, 9.17) is 27.9 Å². The van der Waals surface area contributed by atoms with E-state index in [1.165, 1.54) is 0 Å². The number of para-hydroxylation sites is 1. The summed E-state index contributed by atoms with van der Waals surface area (Å²) < 4.78 is 4.69. The average molecular weight is 337 g/mol. The molecule has 0 spiro atoms. The highest BCUT2D eigenvalue weighted by molar-refractivity contribution is 6.53. The molecule has 0 radical (unpaired) electrons. The normalized spacial score (nSPS) is 22.0. The first-order valence-electron chi connectivity index (χ1n) is 6.80. The van der Waals surface area contributed by atoms with Gasteiger partial charge in [-0.15, -0.1) is 23.2 Å². The zero-order valence-corrected chi connectivity index (χ0v) is 13.4. The van der Waals surface area contributed by atoms with Crippen LogP contribution in [0, 0.1) is 5.41 Å². The fraction of sp³-hybridized carbons (Fsp3) is 0.250. The van der Waals surface area contributed by atoms with E-state index in [1.54, 1.807) is 25.3 Å². The second-order valence-corrected chi connectivity index (χ2v) is 6.92. The number of amides is 1. The molecule has 1 aliphatic carbocycles. The number of carbonyl (C=O) groups excluding carboxylic acids is 1. The number of hydrogen-bond donors (Lipinski definition) is 1. The molecule has 1 fully saturated rings. The lowest BCUT2D eigenvalue weighted by atomic mass is 10.1. The van der Waals surface area contributed by atoms with Gasteiger partial charge in [-0.3, -0.25) is 4.79 Å². The molecule has 1 amide bonds. The number of ether oxygens (including phenoxy) is 1. The van der Waals surface area contributed by atoms with Crippen molar-refractivity contribution in [2.45, 2.75) is 17.7 Å². The maximum absolute atomic E-state index is 12.4. The van der Waals surface area contributed by atoms with Gasteiger partial charge in [0.2, 0.25) is 11.8 Å². The molecule has 1 aliphatic rings. The quantitative estimate of drug-likeness (QED) is 0.842. The fourth-order valence-corrected chi connectivity index (χ4v) is 2.78. The van der Waals surface area contributed by atoms with Gasteiger partial charge in [-0.05, 0) is 37.6 Å². The molecule has 0 bridgehead atoms. The highest BCUT2D eigenvalue weighted by atomic mass is 35.5. The van der Waals surface area contributed by atoms with Crippen LogP contribution in [0.15, 0.2) is 48.7 Å². The number of nitrogens with zero attached hydrogens (tertiary/aromatic N) is 1. The molecule has 1 saturated carbocycles. The number of carbonyl (C=O) groups is 1. The molecular formula is C16H14Cl2N2O2. The molecule has 1 unspecified atom stereocenters. The molecule has 1 N–H and O–H groups in total. The van der Waals surface area contributed by atoms with Crippen molar-refractivity contribution in [1.29, 1.82) is 0 Å². The lowest BCUT2D eigenvalue weighted by molar-refractivity contribution is -0.120. The maximum Gasteiger partial charge on any atom is 0.243 e. The number of hydrogen-bond acceptors (Lipinski definition) is 3. The van der Waals surface area contributed by atoms with Crippen molar-refractivity contribution in [2.24, 2.45) is 5.41 Å². The summed E-state index contributed by atoms with van der Waals surface area (Å²) in [6, 6.07) is 12.7. The predicted molar refractivity (Wildman–Crippen MR) is 86.5 cm³/mol. The SMILES string of the molecule is CC1(C(=O)Nc2cccnc2Oc2ccccc2)CC1(Cl)Cl. The molecule has 4 nitrogen and oxygen atoms in total. The summed E-state index contributed by atoms with van der Waals surface area (Å²) in [5.41, 5.74) is -0.315. The van der Waals surface area contributed by atoms with Crippen molar-refractivity contribution in [1.82, 2.24) is 4.98 Å². The minimum atomic E-state index is -1.01. The first-order valence-corrected chi connectivity index (χ1v) is 7.55. The molecule has 0 aliphatic heterocycles. The maximum atomic E-state index is 12.4. The summed E-state index contributed by atoms with van der Waals surface area (Å²) in [6.45, 7) is 1.73. The number of nitrogens with one attached hydrogen (secondary N) is 1. The number of anilines is 1. The van der Waals surface area contributed by atoms with Crippen LogP contribution in [-0.4, -0.2) is 15.2 Å². The van der Waals surface area contributed by atoms with Gasteiger partial charge in [0.25, 0.3) is 0 Å². The highest BCUT2D eigenvalue weighted by Gasteiger charge is 2.68. The van der Waals surface area contributed by atoms with Crippen LogP contribution in [0.4, 0.5) is 5.69 Å². The van der Waals surface area contributed by atoms with Gasteiger partial charge in [0, 0.05) is 6.20 Å². The fourth-order valence-electron chi connectivity index (χ4n) is 2.07. The van der Waals surface area contributed by atoms with Gasteiger partial charge >= 0.3 is 0 Å². The summed E-state index contributed by atoms with van der Waals surface area (Å²) in [7, 11) is 0. The number of alkyl halides is 2. The first kappa shape index (κ1) is 15.1. The Morgan fingerprint density at radius 2 is 1.91 bits per heavy atom. The van der Waals surface area contributed by atoms with Gasteiger partial charge < -0.3 is 10.1 Å². The average Bonchev–Trinajstić information content (AvgIpc) is 3.02. The monoisotopic (exact) mass is 336 g/mol. The molecule has 1 aromatic heterocycles. The largest absolute Gasteiger partial charge is 0.437 e. The highest BCUT2D eigenvalue weighted by Crippen LogP contribution is 2.64. The first-order chi connectivity index (χ1) is 10.4. The summed E-state index contributed by atoms with van der Waals surface area (Å²) in [4.78, 5) is 16.5. The molecule has 0 saturated heterocycles. The molecule has 3 rings (SSSR count). The third-order valence-corrected chi connectivity index (χ3v) is 4.84. The molecule has 22 heavy (non-hydrogen) atoms. The Hall–Kier alpha value is -1.78. The number of benzene rings is 1. The van der Waals surface area contributed by atoms with Gasteiger partial charge in [-0.1, -0.05) is 18.2 Å². The van der Waals surface area contributed by atoms with Crippen LogP contribution in [-0.2, 0) is 4.79 Å². The van der Waals surface area contributed by atoms with Gasteiger partial charge in [0.1, 0.15) is 15.8 Å². The Balaban J connectivity index is 1.79. The Bertz CT molecular complexity index is 706. The van der Waals surface area contributed by atoms with Crippen molar-refractivity contribution in [3.63, 3.8) is 0 Å². The molecule has 1 heterocycles. The van der Waals surface area contributed by atoms with Crippen molar-refractivity contribution in [3.05, 3.63) is 48.7 Å². The van der Waals surface area contributed by atoms with E-state index in [1.807, 2.05) is 30.3 Å². The molecule has 1 aromatic carbocycles. The van der Waals surface area contributed by atoms with Crippen LogP contribution in [0.5, 0.6) is 11.6 Å². The van der Waals surface area contributed by atoms with Crippen molar-refractivity contribution in [2.75, 3.05) is 5.32 Å². The topological polar surface area (TPSA) is 51.2 Å². The van der Waals surface area contributed by atoms with E-state index in [0.29, 0.717) is 23.7 Å². The number of rotatable bonds is 4. The smallest absolute Gasteiger partial charge is 0.243 e. The third-order valence-electron chi connectivity index (χ3n) is 3.74. The standard InChI is InChI=1S/C16H14Cl2N2O2/c1-15(10-16(15,17)18)14(21)20-12-8-5-9-19-13(12)22-11-6-3-2-4-7-11/h2-9H,10H2,1H3,(H,20,21). The van der Waals surface area contributed by atoms with Gasteiger partial charge in [0.05, 0.1) is 5.41 Å². The molecule has 2 aromatic rings. The summed E-state index contributed by atoms with van der Waals surface area (Å²) in [5, 5.41) is 2.79. The van der Waals surface area contributed by atoms with Crippen molar-refractivity contribution >= 4 is 34.8 Å². The zero-order valence-electron chi connectivity index (χ0n) is 11.8. The Morgan fingerprint density at radius 3 is 2.55 bits per heavy atom. The van der Waals surface area contributed by atoms with Gasteiger partial charge in [-0.25, -0.2) is 4.98 Å². The number of halogens is 2. The van der Waals surface area contributed by atoms with Crippen LogP contribution in [0.3, 0.4) is 0 Å². The van der Waals surface area contributed by atoms with Crippen molar-refractivity contribution < 1.29 is 9.53 Å². The van der Waals surface area contributed by atoms with Crippen LogP contribution in [0.25, 0.3) is 0 Å². The lowest BCUT2D eigenvalue weighted by Gasteiger charge is -2.15. The summed E-state index contributed by atoms with van der Waals surface area (Å²) in [6.07, 6.45) is 2.02. The lowest BCUT2D eigenvalue weighted by Crippen LogP contribution is -2.26. The van der Waals surface area contributed by atoms with Crippen LogP contribution in [0.1, 0.15) is 13.3 Å². The third kappa shape index (κ3) is 2.76. The summed E-state index contributed by atoms with van der Waals surface area (Å²) >= 11 is 12.1. The summed E-state index contributed by atoms with van der Waals surface area (Å²) in [5.74, 6) is 0.711. The van der Waals surface area contributed by atoms with E-state index >= 15 is 0 Å². The predicted octanol–water partition coefficient (Wildman–Crippen LogP) is 4.40. The van der Waals surface area contributed by atoms with Crippen LogP contribution < -0.4 is 10.1 Å². The number of aromatic nitrogens is 1. The molecule has 114 valence electrons. The number of pyridine rings is 1. The van der Waals surface area contributed by atoms with E-state index < -0.39 is 9.75 Å². The Labute approximate surface area is 138 Å². The second kappa shape index (κ2) is 5.45.